The van der Waals surface area contributed by atoms with Crippen molar-refractivity contribution in [2.24, 2.45) is 0 Å². The van der Waals surface area contributed by atoms with Gasteiger partial charge in [-0.25, -0.2) is 4.98 Å². The van der Waals surface area contributed by atoms with Gasteiger partial charge < -0.3 is 4.90 Å². The molecular formula is C18H19N3OS. The molecular weight excluding hydrogens is 306 g/mol. The van der Waals surface area contributed by atoms with E-state index in [4.69, 9.17) is 4.98 Å². The number of aromatic amines is 1. The molecule has 4 rings (SSSR count). The SMILES string of the molecule is Cc1ccc(-c2cc3nc(N4CCCCC4)[nH]c(=O)c3s2)cc1. The number of benzene rings is 1. The van der Waals surface area contributed by atoms with Gasteiger partial charge in [0.1, 0.15) is 4.70 Å². The van der Waals surface area contributed by atoms with Crippen LogP contribution in [0.15, 0.2) is 35.1 Å². The summed E-state index contributed by atoms with van der Waals surface area (Å²) in [6.45, 7) is 4.03. The number of aryl methyl sites for hydroxylation is 1. The number of anilines is 1. The maximum Gasteiger partial charge on any atom is 0.270 e. The van der Waals surface area contributed by atoms with Crippen LogP contribution in [0.25, 0.3) is 20.7 Å². The molecule has 0 amide bonds. The average Bonchev–Trinajstić information content (AvgIpc) is 3.01. The Morgan fingerprint density at radius 2 is 1.87 bits per heavy atom. The predicted octanol–water partition coefficient (Wildman–Crippen LogP) is 3.95. The molecule has 4 nitrogen and oxygen atoms in total. The van der Waals surface area contributed by atoms with Crippen LogP contribution in [-0.2, 0) is 0 Å². The average molecular weight is 325 g/mol. The number of fused-ring (bicyclic) bond motifs is 1. The van der Waals surface area contributed by atoms with Crippen LogP contribution in [0.2, 0.25) is 0 Å². The van der Waals surface area contributed by atoms with Crippen LogP contribution in [0.3, 0.4) is 0 Å². The van der Waals surface area contributed by atoms with Crippen molar-refractivity contribution >= 4 is 27.5 Å². The molecule has 118 valence electrons. The van der Waals surface area contributed by atoms with E-state index in [2.05, 4.69) is 41.1 Å². The largest absolute Gasteiger partial charge is 0.342 e. The highest BCUT2D eigenvalue weighted by Gasteiger charge is 2.16. The van der Waals surface area contributed by atoms with Crippen LogP contribution in [0, 0.1) is 6.92 Å². The summed E-state index contributed by atoms with van der Waals surface area (Å²) in [7, 11) is 0. The summed E-state index contributed by atoms with van der Waals surface area (Å²) < 4.78 is 0.710. The molecule has 23 heavy (non-hydrogen) atoms. The van der Waals surface area contributed by atoms with Gasteiger partial charge in [-0.05, 0) is 37.8 Å². The van der Waals surface area contributed by atoms with Crippen LogP contribution < -0.4 is 10.5 Å². The summed E-state index contributed by atoms with van der Waals surface area (Å²) in [5.41, 5.74) is 3.14. The molecule has 1 fully saturated rings. The number of hydrogen-bond acceptors (Lipinski definition) is 4. The maximum absolute atomic E-state index is 12.4. The molecule has 5 heteroatoms. The van der Waals surface area contributed by atoms with Crippen molar-refractivity contribution in [1.29, 1.82) is 0 Å². The van der Waals surface area contributed by atoms with Crippen LogP contribution in [0.5, 0.6) is 0 Å². The molecule has 0 atom stereocenters. The van der Waals surface area contributed by atoms with Gasteiger partial charge in [-0.2, -0.15) is 0 Å². The minimum absolute atomic E-state index is 0.0288. The van der Waals surface area contributed by atoms with E-state index in [9.17, 15) is 4.79 Å². The molecule has 1 saturated heterocycles. The monoisotopic (exact) mass is 325 g/mol. The van der Waals surface area contributed by atoms with E-state index < -0.39 is 0 Å². The first-order chi connectivity index (χ1) is 11.2. The Morgan fingerprint density at radius 1 is 1.13 bits per heavy atom. The number of rotatable bonds is 2. The normalized spacial score (nSPS) is 15.3. The lowest BCUT2D eigenvalue weighted by Crippen LogP contribution is -2.32. The molecule has 0 radical (unpaired) electrons. The second kappa shape index (κ2) is 5.81. The van der Waals surface area contributed by atoms with Crippen molar-refractivity contribution in [2.45, 2.75) is 26.2 Å². The third kappa shape index (κ3) is 2.77. The van der Waals surface area contributed by atoms with E-state index in [1.165, 1.54) is 36.2 Å². The number of hydrogen-bond donors (Lipinski definition) is 1. The molecule has 3 heterocycles. The van der Waals surface area contributed by atoms with Gasteiger partial charge in [-0.15, -0.1) is 11.3 Å². The molecule has 1 aliphatic rings. The third-order valence-electron chi connectivity index (χ3n) is 4.36. The van der Waals surface area contributed by atoms with Crippen molar-refractivity contribution in [3.05, 3.63) is 46.2 Å². The second-order valence-electron chi connectivity index (χ2n) is 6.13. The van der Waals surface area contributed by atoms with Gasteiger partial charge in [-0.1, -0.05) is 29.8 Å². The van der Waals surface area contributed by atoms with Crippen LogP contribution in [-0.4, -0.2) is 23.1 Å². The third-order valence-corrected chi connectivity index (χ3v) is 5.53. The van der Waals surface area contributed by atoms with Crippen molar-refractivity contribution < 1.29 is 0 Å². The molecule has 0 bridgehead atoms. The molecule has 0 saturated carbocycles. The van der Waals surface area contributed by atoms with Crippen molar-refractivity contribution in [3.63, 3.8) is 0 Å². The first-order valence-corrected chi connectivity index (χ1v) is 8.88. The minimum Gasteiger partial charge on any atom is -0.342 e. The molecule has 0 unspecified atom stereocenters. The summed E-state index contributed by atoms with van der Waals surface area (Å²) >= 11 is 1.51. The van der Waals surface area contributed by atoms with Gasteiger partial charge >= 0.3 is 0 Å². The van der Waals surface area contributed by atoms with Crippen LogP contribution in [0.4, 0.5) is 5.95 Å². The molecule has 0 aliphatic carbocycles. The number of thiophene rings is 1. The zero-order valence-corrected chi connectivity index (χ0v) is 13.9. The van der Waals surface area contributed by atoms with Crippen molar-refractivity contribution in [1.82, 2.24) is 9.97 Å². The fraction of sp³-hybridized carbons (Fsp3) is 0.333. The van der Waals surface area contributed by atoms with Gasteiger partial charge in [0.05, 0.1) is 5.52 Å². The Labute approximate surface area is 138 Å². The van der Waals surface area contributed by atoms with E-state index >= 15 is 0 Å². The smallest absolute Gasteiger partial charge is 0.270 e. The van der Waals surface area contributed by atoms with E-state index in [0.29, 0.717) is 4.70 Å². The summed E-state index contributed by atoms with van der Waals surface area (Å²) in [6, 6.07) is 10.4. The second-order valence-corrected chi connectivity index (χ2v) is 7.18. The molecule has 0 spiro atoms. The standard InChI is InChI=1S/C18H19N3OS/c1-12-5-7-13(8-6-12)15-11-14-16(23-15)17(22)20-18(19-14)21-9-3-2-4-10-21/h5-8,11H,2-4,9-10H2,1H3,(H,19,20,22). The minimum atomic E-state index is -0.0288. The van der Waals surface area contributed by atoms with Crippen molar-refractivity contribution in [3.8, 4) is 10.4 Å². The highest BCUT2D eigenvalue weighted by atomic mass is 32.1. The zero-order chi connectivity index (χ0) is 15.8. The lowest BCUT2D eigenvalue weighted by molar-refractivity contribution is 0.568. The Bertz CT molecular complexity index is 889. The van der Waals surface area contributed by atoms with Gasteiger partial charge in [0, 0.05) is 18.0 Å². The van der Waals surface area contributed by atoms with Crippen molar-refractivity contribution in [2.75, 3.05) is 18.0 Å². The molecule has 1 aliphatic heterocycles. The Balaban J connectivity index is 1.77. The molecule has 1 aromatic carbocycles. The Morgan fingerprint density at radius 3 is 2.61 bits per heavy atom. The molecule has 1 N–H and O–H groups in total. The van der Waals surface area contributed by atoms with E-state index in [0.717, 1.165) is 35.0 Å². The lowest BCUT2D eigenvalue weighted by Gasteiger charge is -2.26. The van der Waals surface area contributed by atoms with E-state index in [1.807, 2.05) is 6.07 Å². The number of H-pyrrole nitrogens is 1. The van der Waals surface area contributed by atoms with Gasteiger partial charge in [0.15, 0.2) is 0 Å². The topological polar surface area (TPSA) is 49.0 Å². The molecule has 3 aromatic rings. The number of aromatic nitrogens is 2. The van der Waals surface area contributed by atoms with Gasteiger partial charge in [0.25, 0.3) is 5.56 Å². The van der Waals surface area contributed by atoms with Gasteiger partial charge in [0.2, 0.25) is 5.95 Å². The van der Waals surface area contributed by atoms with E-state index in [-0.39, 0.29) is 5.56 Å². The Hall–Kier alpha value is -2.14. The quantitative estimate of drug-likeness (QED) is 0.776. The summed E-state index contributed by atoms with van der Waals surface area (Å²) in [5.74, 6) is 0.718. The first kappa shape index (κ1) is 14.5. The number of piperidine rings is 1. The summed E-state index contributed by atoms with van der Waals surface area (Å²) in [6.07, 6.45) is 3.60. The number of nitrogens with zero attached hydrogens (tertiary/aromatic N) is 2. The summed E-state index contributed by atoms with van der Waals surface area (Å²) in [5, 5.41) is 0. The number of nitrogens with one attached hydrogen (secondary N) is 1. The predicted molar refractivity (Wildman–Crippen MR) is 96.5 cm³/mol. The maximum atomic E-state index is 12.4. The van der Waals surface area contributed by atoms with E-state index in [1.54, 1.807) is 0 Å². The highest BCUT2D eigenvalue weighted by Crippen LogP contribution is 2.31. The fourth-order valence-electron chi connectivity index (χ4n) is 3.04. The molecule has 2 aromatic heterocycles. The Kier molecular flexibility index (Phi) is 3.65. The first-order valence-electron chi connectivity index (χ1n) is 8.06. The summed E-state index contributed by atoms with van der Waals surface area (Å²) in [4.78, 5) is 23.4. The van der Waals surface area contributed by atoms with Crippen LogP contribution >= 0.6 is 11.3 Å². The fourth-order valence-corrected chi connectivity index (χ4v) is 4.04. The lowest BCUT2D eigenvalue weighted by atomic mass is 10.1. The zero-order valence-electron chi connectivity index (χ0n) is 13.1. The van der Waals surface area contributed by atoms with Crippen LogP contribution in [0.1, 0.15) is 24.8 Å². The highest BCUT2D eigenvalue weighted by molar-refractivity contribution is 7.22. The van der Waals surface area contributed by atoms with Gasteiger partial charge in [-0.3, -0.25) is 9.78 Å².